The molecule has 1 heterocycles. The number of carbonyl (C=O) groups excluding carboxylic acids is 13. The van der Waals surface area contributed by atoms with Gasteiger partial charge in [-0.2, -0.15) is 0 Å². The summed E-state index contributed by atoms with van der Waals surface area (Å²) >= 11 is 0. The van der Waals surface area contributed by atoms with Crippen molar-refractivity contribution < 1.29 is 82.4 Å². The van der Waals surface area contributed by atoms with E-state index in [0.717, 1.165) is 6.92 Å². The Kier molecular flexibility index (Phi) is 38.5. The number of primary amides is 1. The molecule has 0 bridgehead atoms. The highest BCUT2D eigenvalue weighted by atomic mass is 16.4. The number of aliphatic carboxylic acids is 1. The number of imidazole rings is 1. The van der Waals surface area contributed by atoms with Gasteiger partial charge in [-0.1, -0.05) is 27.7 Å². The molecule has 28 N–H and O–H groups in total. The van der Waals surface area contributed by atoms with E-state index in [1.54, 1.807) is 13.8 Å². The number of hydrogen-bond donors (Lipinski definition) is 22. The molecule has 95 heavy (non-hydrogen) atoms. The van der Waals surface area contributed by atoms with Crippen molar-refractivity contribution in [2.75, 3.05) is 39.4 Å². The predicted octanol–water partition coefficient (Wildman–Crippen LogP) is -9.27. The lowest BCUT2D eigenvalue weighted by molar-refractivity contribution is -0.139. The maximum atomic E-state index is 14.5. The minimum atomic E-state index is -1.69. The maximum absolute atomic E-state index is 14.5. The Labute approximate surface area is 548 Å². The molecule has 0 aliphatic rings. The van der Waals surface area contributed by atoms with Gasteiger partial charge in [-0.25, -0.2) is 4.98 Å². The molecule has 0 unspecified atom stereocenters. The molecule has 0 saturated carbocycles. The average Bonchev–Trinajstić information content (AvgIpc) is 1.47. The summed E-state index contributed by atoms with van der Waals surface area (Å²) in [6.45, 7) is 8.04. The number of H-pyrrole nitrogens is 1. The third kappa shape index (κ3) is 33.6. The lowest BCUT2D eigenvalue weighted by atomic mass is 9.99. The first kappa shape index (κ1) is 83.2. The van der Waals surface area contributed by atoms with Gasteiger partial charge < -0.3 is 119 Å². The number of nitrogens with two attached hydrogens (primary N) is 6. The van der Waals surface area contributed by atoms with E-state index in [-0.39, 0.29) is 82.4 Å². The van der Waals surface area contributed by atoms with Gasteiger partial charge in [0.15, 0.2) is 11.9 Å². The van der Waals surface area contributed by atoms with Gasteiger partial charge in [-0.05, 0) is 90.0 Å². The number of aliphatic imine (C=N–C) groups is 2. The van der Waals surface area contributed by atoms with Crippen molar-refractivity contribution in [3.63, 3.8) is 0 Å². The Morgan fingerprint density at radius 2 is 0.926 bits per heavy atom. The maximum Gasteiger partial charge on any atom is 0.303 e. The number of guanidine groups is 2. The third-order valence-corrected chi connectivity index (χ3v) is 13.9. The van der Waals surface area contributed by atoms with Crippen LogP contribution in [0.1, 0.15) is 118 Å². The Balaban J connectivity index is 3.55. The van der Waals surface area contributed by atoms with Crippen LogP contribution in [-0.2, 0) is 73.5 Å². The van der Waals surface area contributed by atoms with Gasteiger partial charge in [-0.3, -0.25) is 77.1 Å². The highest BCUT2D eigenvalue weighted by Gasteiger charge is 2.37. The van der Waals surface area contributed by atoms with Crippen LogP contribution in [0.2, 0.25) is 0 Å². The number of aliphatic hydroxyl groups excluding tert-OH is 2. The van der Waals surface area contributed by atoms with Crippen LogP contribution in [0.25, 0.3) is 0 Å². The molecule has 1 rings (SSSR count). The molecule has 39 nitrogen and oxygen atoms in total. The van der Waals surface area contributed by atoms with Crippen molar-refractivity contribution in [3.8, 4) is 0 Å². The van der Waals surface area contributed by atoms with Gasteiger partial charge in [-0.15, -0.1) is 0 Å². The zero-order chi connectivity index (χ0) is 72.1. The van der Waals surface area contributed by atoms with E-state index in [4.69, 9.17) is 34.4 Å². The first-order chi connectivity index (χ1) is 44.6. The highest BCUT2D eigenvalue weighted by molar-refractivity contribution is 5.99. The summed E-state index contributed by atoms with van der Waals surface area (Å²) < 4.78 is 0. The normalized spacial score (nSPS) is 14.4. The first-order valence-electron chi connectivity index (χ1n) is 30.7. The SMILES string of the molecule is CC(=O)NCC(=O)N[C@H](CO)C(=O)N[C@H](C)C(=O)N[C@H](CCCN=C(N)N)C(=O)N[C@H](C)C(=O)N[C@H](CCC(=O)O)C(=O)N[C@@H](C(=O)N[C@H](Cc1cnc[nH]1)C(=O)N[C@H](CC(C)C)C(=O)N[C@H](CCCN=C(N)N)C(=O)N[C@H](CCCCN)C(=O)N[C@H](CO)C(N)=O)C(C)C. The van der Waals surface area contributed by atoms with Gasteiger partial charge in [0, 0.05) is 44.7 Å². The van der Waals surface area contributed by atoms with Crippen LogP contribution < -0.4 is 98.2 Å². The Morgan fingerprint density at radius 3 is 1.36 bits per heavy atom. The van der Waals surface area contributed by atoms with Crippen molar-refractivity contribution in [3.05, 3.63) is 18.2 Å². The van der Waals surface area contributed by atoms with E-state index >= 15 is 0 Å². The van der Waals surface area contributed by atoms with Gasteiger partial charge in [0.2, 0.25) is 76.8 Å². The number of nitrogens with zero attached hydrogens (tertiary/aromatic N) is 3. The zero-order valence-corrected chi connectivity index (χ0v) is 54.5. The molecule has 39 heteroatoms. The third-order valence-electron chi connectivity index (χ3n) is 13.9. The molecule has 0 radical (unpaired) electrons. The van der Waals surface area contributed by atoms with Crippen molar-refractivity contribution in [2.24, 2.45) is 56.2 Å². The summed E-state index contributed by atoms with van der Waals surface area (Å²) in [6.07, 6.45) is 1.75. The number of carboxylic acids is 1. The van der Waals surface area contributed by atoms with Crippen LogP contribution in [0.3, 0.4) is 0 Å². The quantitative estimate of drug-likeness (QED) is 0.0164. The summed E-state index contributed by atoms with van der Waals surface area (Å²) in [5.41, 5.74) is 33.2. The monoisotopic (exact) mass is 1350 g/mol. The second kappa shape index (κ2) is 43.9. The first-order valence-corrected chi connectivity index (χ1v) is 30.7. The number of rotatable bonds is 46. The zero-order valence-electron chi connectivity index (χ0n) is 54.5. The standard InChI is InChI=1S/C56H98N22O17/c1-27(2)20-37(51(92)74-35(14-11-19-65-56(61)62)48(89)73-33(12-8-9-17-57)49(90)77-39(24-79)44(58)85)75-52(93)38(21-32-22-63-26-67-32)76-54(95)43(28(3)4)78-50(91)36(15-16-42(83)84)72-46(87)29(5)68-47(88)34(13-10-18-64-55(59)60)71-45(86)30(6)69-53(94)40(25-80)70-41(82)23-66-31(7)81/h22,26-30,33-40,43,79-80H,8-21,23-25,57H2,1-7H3,(H2,58,85)(H,63,67)(H,66,81)(H,68,88)(H,69,94)(H,70,82)(H,71,86)(H,72,87)(H,73,89)(H,74,92)(H,75,93)(H,76,95)(H,77,90)(H,78,91)(H,83,84)(H4,59,60,64)(H4,61,62,65)/t29-,30-,33-,34-,35-,36-,37-,38-,39-,40-,43-/m1/s1. The van der Waals surface area contributed by atoms with E-state index in [2.05, 4.69) is 83.8 Å². The molecular formula is C56H98N22O17. The Morgan fingerprint density at radius 1 is 0.505 bits per heavy atom. The molecule has 0 fully saturated rings. The van der Waals surface area contributed by atoms with Crippen LogP contribution in [0.15, 0.2) is 22.5 Å². The molecule has 0 aromatic carbocycles. The van der Waals surface area contributed by atoms with E-state index < -0.39 is 188 Å². The van der Waals surface area contributed by atoms with E-state index in [0.29, 0.717) is 18.5 Å². The molecule has 13 amide bonds. The number of aromatic amines is 1. The fourth-order valence-electron chi connectivity index (χ4n) is 8.71. The van der Waals surface area contributed by atoms with Crippen molar-refractivity contribution >= 4 is 94.7 Å². The lowest BCUT2D eigenvalue weighted by Gasteiger charge is -2.29. The van der Waals surface area contributed by atoms with Crippen molar-refractivity contribution in [1.29, 1.82) is 0 Å². The molecule has 0 spiro atoms. The van der Waals surface area contributed by atoms with E-state index in [1.165, 1.54) is 40.2 Å². The molecule has 1 aromatic rings. The number of aromatic nitrogens is 2. The van der Waals surface area contributed by atoms with E-state index in [9.17, 15) is 82.4 Å². The molecule has 534 valence electrons. The van der Waals surface area contributed by atoms with Gasteiger partial charge in [0.25, 0.3) is 0 Å². The number of carbonyl (C=O) groups is 14. The molecule has 0 saturated heterocycles. The van der Waals surface area contributed by atoms with Crippen LogP contribution in [0.4, 0.5) is 0 Å². The average molecular weight is 1350 g/mol. The minimum absolute atomic E-state index is 0.00337. The lowest BCUT2D eigenvalue weighted by Crippen LogP contribution is -2.61. The topological polar surface area (TPSA) is 654 Å². The largest absolute Gasteiger partial charge is 0.481 e. The summed E-state index contributed by atoms with van der Waals surface area (Å²) in [7, 11) is 0. The van der Waals surface area contributed by atoms with Gasteiger partial charge >= 0.3 is 5.97 Å². The number of carboxylic acid groups (broad SMARTS) is 1. The minimum Gasteiger partial charge on any atom is -0.481 e. The van der Waals surface area contributed by atoms with Crippen LogP contribution in [0.5, 0.6) is 0 Å². The number of hydrogen-bond acceptors (Lipinski definition) is 20. The van der Waals surface area contributed by atoms with Crippen LogP contribution in [0, 0.1) is 11.8 Å². The Bertz CT molecular complexity index is 2800. The summed E-state index contributed by atoms with van der Waals surface area (Å²) in [5, 5.41) is 58.3. The summed E-state index contributed by atoms with van der Waals surface area (Å²) in [6, 6.07) is -16.3. The highest BCUT2D eigenvalue weighted by Crippen LogP contribution is 2.13. The smallest absolute Gasteiger partial charge is 0.303 e. The molecule has 0 aliphatic carbocycles. The molecular weight excluding hydrogens is 1250 g/mol. The van der Waals surface area contributed by atoms with Gasteiger partial charge in [0.05, 0.1) is 26.1 Å². The molecule has 0 aliphatic heterocycles. The summed E-state index contributed by atoms with van der Waals surface area (Å²) in [4.78, 5) is 201. The van der Waals surface area contributed by atoms with E-state index in [1.807, 2.05) is 0 Å². The van der Waals surface area contributed by atoms with Crippen molar-refractivity contribution in [2.45, 2.75) is 186 Å². The second-order valence-corrected chi connectivity index (χ2v) is 22.9. The van der Waals surface area contributed by atoms with Crippen LogP contribution >= 0.6 is 0 Å². The number of nitrogens with one attached hydrogen (secondary N) is 13. The molecule has 1 aromatic heterocycles. The predicted molar refractivity (Wildman–Crippen MR) is 341 cm³/mol. The second-order valence-electron chi connectivity index (χ2n) is 22.9. The van der Waals surface area contributed by atoms with Crippen molar-refractivity contribution in [1.82, 2.24) is 73.8 Å². The van der Waals surface area contributed by atoms with Gasteiger partial charge in [0.1, 0.15) is 66.5 Å². The fraction of sp³-hybridized carbons (Fsp3) is 0.661. The van der Waals surface area contributed by atoms with Crippen LogP contribution in [-0.4, -0.2) is 226 Å². The summed E-state index contributed by atoms with van der Waals surface area (Å²) in [5.74, 6) is -15.0. The molecule has 11 atom stereocenters. The number of amides is 13. The Hall–Kier alpha value is -9.79. The number of unbranched alkanes of at least 4 members (excludes halogenated alkanes) is 1. The fourth-order valence-corrected chi connectivity index (χ4v) is 8.71. The number of aliphatic hydroxyl groups is 2.